The Morgan fingerprint density at radius 1 is 0.828 bits per heavy atom. The molecule has 0 fully saturated rings. The third-order valence-electron chi connectivity index (χ3n) is 7.79. The number of nitrogens with one attached hydrogen (secondary N) is 2. The van der Waals surface area contributed by atoms with Crippen LogP contribution in [0.2, 0.25) is 0 Å². The number of aromatic nitrogens is 4. The van der Waals surface area contributed by atoms with Gasteiger partial charge in [0.2, 0.25) is 0 Å². The molecule has 24 nitrogen and oxygen atoms in total. The summed E-state index contributed by atoms with van der Waals surface area (Å²) in [5.74, 6) is -0.843. The van der Waals surface area contributed by atoms with Gasteiger partial charge in [-0.3, -0.25) is 18.2 Å². The number of hydrogen-bond acceptors (Lipinski definition) is 19. The number of azo groups is 1. The van der Waals surface area contributed by atoms with Gasteiger partial charge in [-0.1, -0.05) is 12.6 Å². The van der Waals surface area contributed by atoms with Gasteiger partial charge in [0.05, 0.1) is 28.5 Å². The molecule has 5 aromatic rings. The maximum atomic E-state index is 12.6. The molecule has 5 rings (SSSR count). The van der Waals surface area contributed by atoms with Gasteiger partial charge in [0.15, 0.2) is 15.7 Å². The standard InChI is InChI=1S/C29H27N9O15S5/c1-3-54(39,40)11-9-32-29-26(16(2)21(15-30)28(33-29)31-8-10-53-58(50,51)52)35-34-22-6-4-17(12-25(22)57(47,48)49)38-36-23-7-5-19-20(27(23)37-38)13-18(55(41,42)43)14-24(19)56(44,45)46/h3-7,12-14H,1,8-11H2,2H3,(H2,31,32,33)(H,41,42,43)(H,44,45,46)(H,47,48,49)(H,50,51,52)/b35-34+. The van der Waals surface area contributed by atoms with Gasteiger partial charge in [-0.05, 0) is 43.3 Å². The van der Waals surface area contributed by atoms with E-state index in [1.54, 1.807) is 0 Å². The summed E-state index contributed by atoms with van der Waals surface area (Å²) in [6.45, 7) is 3.42. The quantitative estimate of drug-likeness (QED) is 0.0470. The molecule has 0 spiro atoms. The van der Waals surface area contributed by atoms with Crippen LogP contribution in [0.3, 0.4) is 0 Å². The minimum Gasteiger partial charge on any atom is -0.367 e. The Labute approximate surface area is 329 Å². The highest BCUT2D eigenvalue weighted by molar-refractivity contribution is 7.94. The summed E-state index contributed by atoms with van der Waals surface area (Å²) in [4.78, 5) is 2.43. The number of anilines is 2. The summed E-state index contributed by atoms with van der Waals surface area (Å²) in [5.41, 5.74) is -1.14. The molecule has 308 valence electrons. The second-order valence-electron chi connectivity index (χ2n) is 11.6. The lowest BCUT2D eigenvalue weighted by Gasteiger charge is -2.15. The number of nitriles is 1. The van der Waals surface area contributed by atoms with E-state index in [0.717, 1.165) is 28.4 Å². The van der Waals surface area contributed by atoms with E-state index >= 15 is 0 Å². The number of hydrogen-bond donors (Lipinski definition) is 6. The lowest BCUT2D eigenvalue weighted by Crippen LogP contribution is -2.17. The summed E-state index contributed by atoms with van der Waals surface area (Å²) < 4.78 is 162. The van der Waals surface area contributed by atoms with Gasteiger partial charge in [-0.2, -0.15) is 43.7 Å². The number of fused-ring (bicyclic) bond motifs is 3. The van der Waals surface area contributed by atoms with Gasteiger partial charge in [0, 0.05) is 34.8 Å². The number of rotatable bonds is 16. The molecule has 0 aliphatic carbocycles. The minimum atomic E-state index is -5.13. The van der Waals surface area contributed by atoms with E-state index < -0.39 is 83.3 Å². The summed E-state index contributed by atoms with van der Waals surface area (Å²) in [6, 6.07) is 8.86. The second-order valence-corrected chi connectivity index (χ2v) is 19.0. The third-order valence-corrected chi connectivity index (χ3v) is 12.1. The molecule has 0 aliphatic heterocycles. The van der Waals surface area contributed by atoms with Crippen molar-refractivity contribution >= 4 is 95.4 Å². The van der Waals surface area contributed by atoms with E-state index in [9.17, 15) is 61.0 Å². The van der Waals surface area contributed by atoms with E-state index in [0.29, 0.717) is 6.07 Å². The molecule has 0 atom stereocenters. The Morgan fingerprint density at radius 2 is 1.50 bits per heavy atom. The molecular formula is C29H27N9O15S5. The van der Waals surface area contributed by atoms with Crippen molar-refractivity contribution in [2.45, 2.75) is 21.6 Å². The first-order chi connectivity index (χ1) is 26.8. The van der Waals surface area contributed by atoms with Crippen molar-refractivity contribution in [3.05, 3.63) is 65.6 Å². The van der Waals surface area contributed by atoms with Gasteiger partial charge in [-0.15, -0.1) is 20.4 Å². The lowest BCUT2D eigenvalue weighted by molar-refractivity contribution is 0.278. The van der Waals surface area contributed by atoms with Crippen molar-refractivity contribution in [2.75, 3.05) is 36.1 Å². The maximum absolute atomic E-state index is 12.6. The number of benzene rings is 3. The summed E-state index contributed by atoms with van der Waals surface area (Å²) >= 11 is 0. The Morgan fingerprint density at radius 3 is 2.10 bits per heavy atom. The fourth-order valence-corrected chi connectivity index (χ4v) is 8.00. The topological polar surface area (TPSA) is 377 Å². The zero-order chi connectivity index (χ0) is 43.0. The molecule has 29 heteroatoms. The van der Waals surface area contributed by atoms with Gasteiger partial charge < -0.3 is 10.6 Å². The molecule has 2 heterocycles. The Bertz CT molecular complexity index is 3160. The van der Waals surface area contributed by atoms with Crippen LogP contribution < -0.4 is 10.6 Å². The molecule has 0 saturated carbocycles. The maximum Gasteiger partial charge on any atom is 0.397 e. The predicted octanol–water partition coefficient (Wildman–Crippen LogP) is 2.51. The molecule has 0 radical (unpaired) electrons. The van der Waals surface area contributed by atoms with E-state index in [1.165, 1.54) is 25.1 Å². The third kappa shape index (κ3) is 9.93. The Kier molecular flexibility index (Phi) is 12.0. The first kappa shape index (κ1) is 43.6. The fourth-order valence-electron chi connectivity index (χ4n) is 5.17. The van der Waals surface area contributed by atoms with Crippen LogP contribution in [0.1, 0.15) is 11.1 Å². The fraction of sp³-hybridized carbons (Fsp3) is 0.172. The molecule has 0 saturated heterocycles. The highest BCUT2D eigenvalue weighted by atomic mass is 32.3. The van der Waals surface area contributed by atoms with E-state index in [2.05, 4.69) is 46.8 Å². The molecule has 58 heavy (non-hydrogen) atoms. The summed E-state index contributed by atoms with van der Waals surface area (Å²) in [5, 5.41) is 32.0. The van der Waals surface area contributed by atoms with Crippen LogP contribution >= 0.6 is 0 Å². The highest BCUT2D eigenvalue weighted by Gasteiger charge is 2.24. The van der Waals surface area contributed by atoms with Crippen molar-refractivity contribution in [3.8, 4) is 11.8 Å². The van der Waals surface area contributed by atoms with Crippen molar-refractivity contribution in [3.63, 3.8) is 0 Å². The summed E-state index contributed by atoms with van der Waals surface area (Å²) in [6.07, 6.45) is 0. The van der Waals surface area contributed by atoms with Crippen LogP contribution in [0, 0.1) is 18.3 Å². The minimum absolute atomic E-state index is 0.000436. The van der Waals surface area contributed by atoms with E-state index in [4.69, 9.17) is 4.55 Å². The average Bonchev–Trinajstić information content (AvgIpc) is 3.56. The highest BCUT2D eigenvalue weighted by Crippen LogP contribution is 2.37. The Balaban J connectivity index is 1.61. The number of pyridine rings is 1. The molecule has 2 aromatic heterocycles. The van der Waals surface area contributed by atoms with Crippen LogP contribution in [0.25, 0.3) is 27.5 Å². The number of nitrogens with zero attached hydrogens (tertiary/aromatic N) is 7. The molecule has 0 aliphatic rings. The van der Waals surface area contributed by atoms with Crippen LogP contribution in [0.15, 0.2) is 79.4 Å². The van der Waals surface area contributed by atoms with Crippen molar-refractivity contribution in [2.24, 2.45) is 10.2 Å². The predicted molar refractivity (Wildman–Crippen MR) is 202 cm³/mol. The molecular weight excluding hydrogens is 875 g/mol. The zero-order valence-corrected chi connectivity index (χ0v) is 33.2. The smallest absolute Gasteiger partial charge is 0.367 e. The van der Waals surface area contributed by atoms with Crippen molar-refractivity contribution < 1.29 is 64.5 Å². The number of sulfone groups is 1. The van der Waals surface area contributed by atoms with Crippen LogP contribution in [-0.4, -0.2) is 106 Å². The van der Waals surface area contributed by atoms with Gasteiger partial charge in [0.1, 0.15) is 44.1 Å². The van der Waals surface area contributed by atoms with Crippen LogP contribution in [-0.2, 0) is 54.8 Å². The average molecular weight is 902 g/mol. The molecule has 0 bridgehead atoms. The largest absolute Gasteiger partial charge is 0.397 e. The first-order valence-electron chi connectivity index (χ1n) is 15.5. The van der Waals surface area contributed by atoms with Crippen molar-refractivity contribution in [1.29, 1.82) is 5.26 Å². The summed E-state index contributed by atoms with van der Waals surface area (Å²) in [7, 11) is -23.7. The molecule has 0 amide bonds. The normalized spacial score (nSPS) is 12.9. The van der Waals surface area contributed by atoms with Gasteiger partial charge in [-0.25, -0.2) is 17.6 Å². The lowest BCUT2D eigenvalue weighted by atomic mass is 10.1. The second kappa shape index (κ2) is 16.0. The molecule has 0 unspecified atom stereocenters. The van der Waals surface area contributed by atoms with Crippen LogP contribution in [0.4, 0.5) is 23.0 Å². The Hall–Kier alpha value is -5.55. The SMILES string of the molecule is C=CS(=O)(=O)CCNc1nc(NCCOS(=O)(=O)O)c(C#N)c(C)c1/N=N/c1ccc(-n2nc3ccc4c(S(=O)(=O)O)cc(S(=O)(=O)O)cc4c3n2)cc1S(=O)(=O)O. The van der Waals surface area contributed by atoms with Crippen LogP contribution in [0.5, 0.6) is 0 Å². The van der Waals surface area contributed by atoms with Crippen molar-refractivity contribution in [1.82, 2.24) is 20.0 Å². The molecule has 6 N–H and O–H groups in total. The van der Waals surface area contributed by atoms with Gasteiger partial charge >= 0.3 is 10.4 Å². The first-order valence-corrected chi connectivity index (χ1v) is 22.9. The van der Waals surface area contributed by atoms with Gasteiger partial charge in [0.25, 0.3) is 30.4 Å². The monoisotopic (exact) mass is 901 g/mol. The zero-order valence-electron chi connectivity index (χ0n) is 29.1. The molecule has 3 aromatic carbocycles. The van der Waals surface area contributed by atoms with E-state index in [-0.39, 0.29) is 69.0 Å². The van der Waals surface area contributed by atoms with E-state index in [1.807, 2.05) is 6.07 Å².